The van der Waals surface area contributed by atoms with E-state index in [-0.39, 0.29) is 17.8 Å². The second-order valence-electron chi connectivity index (χ2n) is 4.97. The van der Waals surface area contributed by atoms with Crippen LogP contribution in [-0.4, -0.2) is 0 Å². The summed E-state index contributed by atoms with van der Waals surface area (Å²) in [6.45, 7) is 1.71. The summed E-state index contributed by atoms with van der Waals surface area (Å²) in [4.78, 5) is 0. The van der Waals surface area contributed by atoms with Crippen LogP contribution in [0.2, 0.25) is 0 Å². The van der Waals surface area contributed by atoms with E-state index in [0.29, 0.717) is 5.56 Å². The fraction of sp³-hybridized carbons (Fsp3) is 0.250. The van der Waals surface area contributed by atoms with Gasteiger partial charge in [0.1, 0.15) is 5.82 Å². The largest absolute Gasteiger partial charge is 0.416 e. The molecule has 112 valence electrons. The van der Waals surface area contributed by atoms with Crippen molar-refractivity contribution in [2.75, 3.05) is 0 Å². The van der Waals surface area contributed by atoms with E-state index < -0.39 is 17.8 Å². The molecule has 0 saturated carbocycles. The monoisotopic (exact) mass is 297 g/mol. The Balaban J connectivity index is 2.31. The quantitative estimate of drug-likeness (QED) is 0.835. The van der Waals surface area contributed by atoms with Gasteiger partial charge in [-0.1, -0.05) is 24.3 Å². The van der Waals surface area contributed by atoms with Crippen LogP contribution in [0.15, 0.2) is 42.5 Å². The van der Waals surface area contributed by atoms with Crippen LogP contribution in [0.4, 0.5) is 17.6 Å². The van der Waals surface area contributed by atoms with Crippen LogP contribution < -0.4 is 5.73 Å². The predicted molar refractivity (Wildman–Crippen MR) is 73.2 cm³/mol. The summed E-state index contributed by atoms with van der Waals surface area (Å²) in [6, 6.07) is 8.65. The first-order chi connectivity index (χ1) is 9.79. The number of hydrogen-bond donors (Lipinski definition) is 1. The van der Waals surface area contributed by atoms with Gasteiger partial charge in [0.15, 0.2) is 0 Å². The van der Waals surface area contributed by atoms with Crippen molar-refractivity contribution in [2.24, 2.45) is 5.73 Å². The van der Waals surface area contributed by atoms with Crippen molar-refractivity contribution in [2.45, 2.75) is 25.6 Å². The molecule has 2 rings (SSSR count). The summed E-state index contributed by atoms with van der Waals surface area (Å²) >= 11 is 0. The molecule has 2 aromatic rings. The van der Waals surface area contributed by atoms with E-state index in [0.717, 1.165) is 11.6 Å². The second kappa shape index (κ2) is 5.85. The highest BCUT2D eigenvalue weighted by Gasteiger charge is 2.34. The van der Waals surface area contributed by atoms with E-state index in [1.54, 1.807) is 13.0 Å². The average molecular weight is 297 g/mol. The van der Waals surface area contributed by atoms with E-state index in [1.165, 1.54) is 30.3 Å². The van der Waals surface area contributed by atoms with Crippen LogP contribution in [0.5, 0.6) is 0 Å². The molecule has 1 nitrogen and oxygen atoms in total. The van der Waals surface area contributed by atoms with E-state index in [2.05, 4.69) is 0 Å². The van der Waals surface area contributed by atoms with Gasteiger partial charge in [0.05, 0.1) is 5.56 Å². The maximum absolute atomic E-state index is 13.0. The summed E-state index contributed by atoms with van der Waals surface area (Å²) in [6.07, 6.45) is -4.22. The number of nitrogens with two attached hydrogens (primary N) is 1. The van der Waals surface area contributed by atoms with E-state index in [9.17, 15) is 17.6 Å². The highest BCUT2D eigenvalue weighted by atomic mass is 19.4. The number of aryl methyl sites for hydroxylation is 1. The topological polar surface area (TPSA) is 26.0 Å². The molecule has 0 heterocycles. The second-order valence-corrected chi connectivity index (χ2v) is 4.97. The lowest BCUT2D eigenvalue weighted by molar-refractivity contribution is -0.138. The normalized spacial score (nSPS) is 13.2. The minimum atomic E-state index is -4.44. The molecular formula is C16H15F4N. The highest BCUT2D eigenvalue weighted by molar-refractivity contribution is 5.35. The first kappa shape index (κ1) is 15.5. The summed E-state index contributed by atoms with van der Waals surface area (Å²) in [5.41, 5.74) is 6.68. The van der Waals surface area contributed by atoms with Crippen molar-refractivity contribution >= 4 is 0 Å². The van der Waals surface area contributed by atoms with E-state index >= 15 is 0 Å². The minimum Gasteiger partial charge on any atom is -0.324 e. The standard InChI is InChI=1S/C16H15F4N/c1-10-8-12(17)7-6-11(10)9-15(21)13-4-2-3-5-14(13)16(18,19)20/h2-8,15H,9,21H2,1H3. The van der Waals surface area contributed by atoms with Crippen LogP contribution in [0.25, 0.3) is 0 Å². The minimum absolute atomic E-state index is 0.0497. The molecule has 0 aliphatic carbocycles. The fourth-order valence-corrected chi connectivity index (χ4v) is 2.31. The van der Waals surface area contributed by atoms with Crippen LogP contribution >= 0.6 is 0 Å². The summed E-state index contributed by atoms with van der Waals surface area (Å²) in [7, 11) is 0. The SMILES string of the molecule is Cc1cc(F)ccc1CC(N)c1ccccc1C(F)(F)F. The van der Waals surface area contributed by atoms with Gasteiger partial charge in [-0.3, -0.25) is 0 Å². The smallest absolute Gasteiger partial charge is 0.324 e. The molecule has 5 heteroatoms. The van der Waals surface area contributed by atoms with Crippen LogP contribution in [-0.2, 0) is 12.6 Å². The van der Waals surface area contributed by atoms with Gasteiger partial charge in [0, 0.05) is 6.04 Å². The molecule has 1 unspecified atom stereocenters. The molecule has 0 aliphatic rings. The first-order valence-electron chi connectivity index (χ1n) is 6.46. The first-order valence-corrected chi connectivity index (χ1v) is 6.46. The Hall–Kier alpha value is -1.88. The van der Waals surface area contributed by atoms with Gasteiger partial charge in [-0.2, -0.15) is 13.2 Å². The Morgan fingerprint density at radius 3 is 2.38 bits per heavy atom. The van der Waals surface area contributed by atoms with Crippen molar-refractivity contribution < 1.29 is 17.6 Å². The molecule has 2 aromatic carbocycles. The third-order valence-corrected chi connectivity index (χ3v) is 3.41. The van der Waals surface area contributed by atoms with Crippen molar-refractivity contribution in [1.29, 1.82) is 0 Å². The van der Waals surface area contributed by atoms with Gasteiger partial charge in [0.25, 0.3) is 0 Å². The molecule has 0 amide bonds. The number of alkyl halides is 3. The van der Waals surface area contributed by atoms with Crippen molar-refractivity contribution in [3.8, 4) is 0 Å². The predicted octanol–water partition coefficient (Wildman–Crippen LogP) is 4.40. The summed E-state index contributed by atoms with van der Waals surface area (Å²) < 4.78 is 52.0. The van der Waals surface area contributed by atoms with Crippen LogP contribution in [0, 0.1) is 12.7 Å². The molecule has 0 bridgehead atoms. The maximum atomic E-state index is 13.0. The van der Waals surface area contributed by atoms with Crippen molar-refractivity contribution in [1.82, 2.24) is 0 Å². The molecule has 0 fully saturated rings. The Morgan fingerprint density at radius 1 is 1.10 bits per heavy atom. The molecular weight excluding hydrogens is 282 g/mol. The third-order valence-electron chi connectivity index (χ3n) is 3.41. The number of hydrogen-bond acceptors (Lipinski definition) is 1. The van der Waals surface area contributed by atoms with Crippen molar-refractivity contribution in [3.05, 3.63) is 70.5 Å². The third kappa shape index (κ3) is 3.61. The zero-order valence-corrected chi connectivity index (χ0v) is 11.4. The molecule has 0 aliphatic heterocycles. The van der Waals surface area contributed by atoms with Gasteiger partial charge in [0.2, 0.25) is 0 Å². The van der Waals surface area contributed by atoms with Gasteiger partial charge in [-0.15, -0.1) is 0 Å². The Bertz CT molecular complexity index is 634. The lowest BCUT2D eigenvalue weighted by Crippen LogP contribution is -2.19. The van der Waals surface area contributed by atoms with Gasteiger partial charge < -0.3 is 5.73 Å². The van der Waals surface area contributed by atoms with Gasteiger partial charge in [-0.25, -0.2) is 4.39 Å². The molecule has 0 aromatic heterocycles. The lowest BCUT2D eigenvalue weighted by Gasteiger charge is -2.19. The Labute approximate surface area is 120 Å². The van der Waals surface area contributed by atoms with Gasteiger partial charge in [-0.05, 0) is 48.2 Å². The zero-order chi connectivity index (χ0) is 15.6. The molecule has 1 atom stereocenters. The van der Waals surface area contributed by atoms with Gasteiger partial charge >= 0.3 is 6.18 Å². The molecule has 0 radical (unpaired) electrons. The molecule has 21 heavy (non-hydrogen) atoms. The average Bonchev–Trinajstić information content (AvgIpc) is 2.41. The summed E-state index contributed by atoms with van der Waals surface area (Å²) in [5, 5.41) is 0. The van der Waals surface area contributed by atoms with Crippen molar-refractivity contribution in [3.63, 3.8) is 0 Å². The molecule has 2 N–H and O–H groups in total. The maximum Gasteiger partial charge on any atom is 0.416 e. The number of halogens is 4. The zero-order valence-electron chi connectivity index (χ0n) is 11.4. The highest BCUT2D eigenvalue weighted by Crippen LogP contribution is 2.34. The summed E-state index contributed by atoms with van der Waals surface area (Å²) in [5.74, 6) is -0.375. The van der Waals surface area contributed by atoms with Crippen LogP contribution in [0.3, 0.4) is 0 Å². The van der Waals surface area contributed by atoms with Crippen LogP contribution in [0.1, 0.15) is 28.3 Å². The lowest BCUT2D eigenvalue weighted by atomic mass is 9.93. The Kier molecular flexibility index (Phi) is 4.32. The number of rotatable bonds is 3. The molecule has 0 saturated heterocycles. The number of benzene rings is 2. The Morgan fingerprint density at radius 2 is 1.76 bits per heavy atom. The van der Waals surface area contributed by atoms with E-state index in [4.69, 9.17) is 5.73 Å². The molecule has 0 spiro atoms. The van der Waals surface area contributed by atoms with E-state index in [1.807, 2.05) is 0 Å². The fourth-order valence-electron chi connectivity index (χ4n) is 2.31.